The number of para-hydroxylation sites is 1. The Labute approximate surface area is 201 Å². The van der Waals surface area contributed by atoms with Gasteiger partial charge in [-0.15, -0.1) is 11.3 Å². The highest BCUT2D eigenvalue weighted by Gasteiger charge is 2.20. The van der Waals surface area contributed by atoms with E-state index in [0.717, 1.165) is 39.8 Å². The summed E-state index contributed by atoms with van der Waals surface area (Å²) in [5.41, 5.74) is 5.31. The summed E-state index contributed by atoms with van der Waals surface area (Å²) in [5, 5.41) is 5.23. The summed E-state index contributed by atoms with van der Waals surface area (Å²) in [6.07, 6.45) is 2.60. The van der Waals surface area contributed by atoms with Crippen molar-refractivity contribution in [1.82, 2.24) is 15.0 Å². The topological polar surface area (TPSA) is 79.9 Å². The van der Waals surface area contributed by atoms with Crippen LogP contribution in [0.15, 0.2) is 72.2 Å². The van der Waals surface area contributed by atoms with Gasteiger partial charge in [-0.05, 0) is 52.8 Å². The van der Waals surface area contributed by atoms with Crippen molar-refractivity contribution in [3.63, 3.8) is 0 Å². The molecule has 0 aliphatic carbocycles. The molecule has 0 spiro atoms. The number of thiophene rings is 1. The molecular weight excluding hydrogens is 444 g/mol. The molecule has 0 atom stereocenters. The highest BCUT2D eigenvalue weighted by molar-refractivity contribution is 7.12. The Morgan fingerprint density at radius 3 is 2.74 bits per heavy atom. The Bertz CT molecular complexity index is 1480. The van der Waals surface area contributed by atoms with Crippen molar-refractivity contribution in [3.8, 4) is 22.8 Å². The fourth-order valence-corrected chi connectivity index (χ4v) is 4.58. The first-order chi connectivity index (χ1) is 16.4. The molecule has 0 amide bonds. The lowest BCUT2D eigenvalue weighted by Gasteiger charge is -2.22. The summed E-state index contributed by atoms with van der Waals surface area (Å²) < 4.78 is 6.26. The van der Waals surface area contributed by atoms with E-state index in [1.807, 2.05) is 60.0 Å². The number of carbonyl (C=O) groups is 1. The fraction of sp³-hybridized carbons (Fsp3) is 0.148. The molecule has 0 aliphatic rings. The Kier molecular flexibility index (Phi) is 5.63. The zero-order valence-electron chi connectivity index (χ0n) is 19.1. The largest absolute Gasteiger partial charge is 0.437 e. The van der Waals surface area contributed by atoms with E-state index in [1.165, 1.54) is 11.3 Å². The molecule has 5 aromatic rings. The van der Waals surface area contributed by atoms with Crippen LogP contribution in [0.2, 0.25) is 0 Å². The van der Waals surface area contributed by atoms with Gasteiger partial charge in [-0.3, -0.25) is 4.79 Å². The number of imidazole rings is 1. The number of aromatic nitrogens is 3. The summed E-state index contributed by atoms with van der Waals surface area (Å²) in [6, 6.07) is 19.6. The maximum Gasteiger partial charge on any atom is 0.243 e. The van der Waals surface area contributed by atoms with Gasteiger partial charge in [-0.1, -0.05) is 45.0 Å². The normalized spacial score (nSPS) is 11.5. The third kappa shape index (κ3) is 4.30. The quantitative estimate of drug-likeness (QED) is 0.255. The minimum atomic E-state index is -0.0679. The van der Waals surface area contributed by atoms with Gasteiger partial charge in [0.2, 0.25) is 11.8 Å². The summed E-state index contributed by atoms with van der Waals surface area (Å²) in [4.78, 5) is 24.5. The lowest BCUT2D eigenvalue weighted by Crippen LogP contribution is -2.12. The van der Waals surface area contributed by atoms with Crippen molar-refractivity contribution in [2.45, 2.75) is 26.2 Å². The number of nitrogens with one attached hydrogen (secondary N) is 2. The molecule has 0 unspecified atom stereocenters. The van der Waals surface area contributed by atoms with Crippen molar-refractivity contribution < 1.29 is 9.53 Å². The molecule has 7 heteroatoms. The van der Waals surface area contributed by atoms with Gasteiger partial charge in [-0.25, -0.2) is 9.97 Å². The molecule has 2 aromatic carbocycles. The number of fused-ring (bicyclic) bond motifs is 1. The molecule has 6 nitrogen and oxygen atoms in total. The minimum absolute atomic E-state index is 0.0679. The smallest absolute Gasteiger partial charge is 0.243 e. The average molecular weight is 469 g/mol. The molecule has 0 fully saturated rings. The second-order valence-electron chi connectivity index (χ2n) is 8.96. The summed E-state index contributed by atoms with van der Waals surface area (Å²) >= 11 is 1.43. The fourth-order valence-electron chi connectivity index (χ4n) is 3.86. The van der Waals surface area contributed by atoms with E-state index in [4.69, 9.17) is 4.74 Å². The first kappa shape index (κ1) is 21.9. The van der Waals surface area contributed by atoms with Crippen LogP contribution in [0.4, 0.5) is 11.6 Å². The molecule has 0 bridgehead atoms. The van der Waals surface area contributed by atoms with Crippen LogP contribution in [0, 0.1) is 0 Å². The average Bonchev–Trinajstić information content (AvgIpc) is 3.45. The molecule has 2 N–H and O–H groups in total. The highest BCUT2D eigenvalue weighted by atomic mass is 32.1. The van der Waals surface area contributed by atoms with E-state index in [2.05, 4.69) is 47.1 Å². The number of carbonyl (C=O) groups excluding carboxylic acids is 1. The third-order valence-electron chi connectivity index (χ3n) is 5.52. The number of hydrogen-bond donors (Lipinski definition) is 2. The monoisotopic (exact) mass is 468 g/mol. The van der Waals surface area contributed by atoms with E-state index in [0.29, 0.717) is 22.4 Å². The molecule has 0 radical (unpaired) electrons. The molecule has 170 valence electrons. The summed E-state index contributed by atoms with van der Waals surface area (Å²) in [5.74, 6) is 1.82. The van der Waals surface area contributed by atoms with E-state index in [1.54, 1.807) is 6.20 Å². The van der Waals surface area contributed by atoms with Crippen LogP contribution in [0.5, 0.6) is 11.6 Å². The van der Waals surface area contributed by atoms with Crippen molar-refractivity contribution in [2.75, 3.05) is 5.32 Å². The Hall–Kier alpha value is -3.97. The van der Waals surface area contributed by atoms with E-state index in [9.17, 15) is 4.79 Å². The van der Waals surface area contributed by atoms with Gasteiger partial charge in [0, 0.05) is 17.3 Å². The van der Waals surface area contributed by atoms with Crippen molar-refractivity contribution in [3.05, 3.63) is 82.7 Å². The summed E-state index contributed by atoms with van der Waals surface area (Å²) in [6.45, 7) is 6.47. The van der Waals surface area contributed by atoms with Crippen LogP contribution in [0.3, 0.4) is 0 Å². The van der Waals surface area contributed by atoms with Gasteiger partial charge in [0.25, 0.3) is 0 Å². The summed E-state index contributed by atoms with van der Waals surface area (Å²) in [7, 11) is 0. The zero-order valence-corrected chi connectivity index (χ0v) is 19.9. The van der Waals surface area contributed by atoms with E-state index < -0.39 is 0 Å². The van der Waals surface area contributed by atoms with Crippen LogP contribution in [0.25, 0.3) is 22.2 Å². The molecule has 0 saturated heterocycles. The number of aromatic amines is 1. The number of ether oxygens (including phenoxy) is 1. The molecular formula is C27H24N4O2S. The van der Waals surface area contributed by atoms with E-state index in [-0.39, 0.29) is 5.41 Å². The van der Waals surface area contributed by atoms with Gasteiger partial charge in [0.15, 0.2) is 6.29 Å². The van der Waals surface area contributed by atoms with Crippen molar-refractivity contribution in [1.29, 1.82) is 0 Å². The van der Waals surface area contributed by atoms with Gasteiger partial charge in [-0.2, -0.15) is 0 Å². The van der Waals surface area contributed by atoms with Gasteiger partial charge in [0.1, 0.15) is 11.4 Å². The number of pyridine rings is 1. The van der Waals surface area contributed by atoms with Crippen LogP contribution in [-0.2, 0) is 5.41 Å². The van der Waals surface area contributed by atoms with Crippen LogP contribution in [-0.4, -0.2) is 21.2 Å². The molecule has 3 heterocycles. The number of benzene rings is 2. The lowest BCUT2D eigenvalue weighted by molar-refractivity contribution is 0.112. The first-order valence-corrected chi connectivity index (χ1v) is 11.8. The van der Waals surface area contributed by atoms with E-state index >= 15 is 0 Å². The second kappa shape index (κ2) is 8.76. The maximum atomic E-state index is 11.3. The Balaban J connectivity index is 1.45. The second-order valence-corrected chi connectivity index (χ2v) is 9.91. The molecule has 34 heavy (non-hydrogen) atoms. The maximum absolute atomic E-state index is 11.3. The van der Waals surface area contributed by atoms with Gasteiger partial charge < -0.3 is 15.0 Å². The number of nitrogens with zero attached hydrogens (tertiary/aromatic N) is 2. The lowest BCUT2D eigenvalue weighted by atomic mass is 9.86. The highest BCUT2D eigenvalue weighted by Crippen LogP contribution is 2.36. The van der Waals surface area contributed by atoms with Crippen LogP contribution >= 0.6 is 11.3 Å². The van der Waals surface area contributed by atoms with Crippen molar-refractivity contribution in [2.24, 2.45) is 0 Å². The molecule has 3 aromatic heterocycles. The molecule has 0 saturated carbocycles. The minimum Gasteiger partial charge on any atom is -0.437 e. The number of aldehydes is 1. The number of H-pyrrole nitrogens is 1. The SMILES string of the molecule is CC(C)(C)c1ccccc1Oc1ncccc1Nc1nc2ccc(-c3ccsc3C=O)cc2[nH]1. The predicted molar refractivity (Wildman–Crippen MR) is 138 cm³/mol. The predicted octanol–water partition coefficient (Wildman–Crippen LogP) is 7.33. The van der Waals surface area contributed by atoms with Gasteiger partial charge in [0.05, 0.1) is 15.9 Å². The molecule has 0 aliphatic heterocycles. The standard InChI is InChI=1S/C27H24N4O2S/c1-27(2,3)19-7-4-5-9-23(19)33-25-21(8-6-13-28-25)30-26-29-20-11-10-17(15-22(20)31-26)18-12-14-34-24(18)16-32/h4-16H,1-3H3,(H2,29,30,31). The third-order valence-corrected chi connectivity index (χ3v) is 6.36. The van der Waals surface area contributed by atoms with Gasteiger partial charge >= 0.3 is 0 Å². The number of hydrogen-bond acceptors (Lipinski definition) is 6. The first-order valence-electron chi connectivity index (χ1n) is 10.9. The van der Waals surface area contributed by atoms with Crippen LogP contribution in [0.1, 0.15) is 36.0 Å². The Morgan fingerprint density at radius 1 is 1.06 bits per heavy atom. The van der Waals surface area contributed by atoms with Crippen LogP contribution < -0.4 is 10.1 Å². The zero-order chi connectivity index (χ0) is 23.7. The number of anilines is 2. The van der Waals surface area contributed by atoms with Crippen molar-refractivity contribution >= 4 is 40.3 Å². The Morgan fingerprint density at radius 2 is 1.91 bits per heavy atom. The molecule has 5 rings (SSSR count). The number of rotatable bonds is 6.